The van der Waals surface area contributed by atoms with E-state index in [0.29, 0.717) is 11.6 Å². The molecule has 0 unspecified atom stereocenters. The molecule has 0 aliphatic carbocycles. The smallest absolute Gasteiger partial charge is 0.227 e. The molecule has 0 saturated carbocycles. The second-order valence-electron chi connectivity index (χ2n) is 3.91. The number of hydrogen-bond acceptors (Lipinski definition) is 3. The van der Waals surface area contributed by atoms with Gasteiger partial charge >= 0.3 is 0 Å². The number of anilines is 1. The Kier molecular flexibility index (Phi) is 3.19. The number of oxime groups is 1. The number of nitrogens with two attached hydrogens (primary N) is 1. The Bertz CT molecular complexity index is 458. The predicted octanol–water partition coefficient (Wildman–Crippen LogP) is 1.44. The standard InChI is InChI=1S/C11H12ClN3O2/c12-8-1-3-9(4-2-8)15-6-7(5-10(15)16)11(13)14-17/h1-4,7,17H,5-6H2,(H2,13,14)/t7-/m0/s1. The van der Waals surface area contributed by atoms with Gasteiger partial charge in [-0.1, -0.05) is 16.8 Å². The summed E-state index contributed by atoms with van der Waals surface area (Å²) in [6.07, 6.45) is 0.262. The van der Waals surface area contributed by atoms with Crippen molar-refractivity contribution in [2.24, 2.45) is 16.8 Å². The van der Waals surface area contributed by atoms with Crippen LogP contribution in [0.4, 0.5) is 5.69 Å². The zero-order valence-corrected chi connectivity index (χ0v) is 9.76. The molecule has 3 N–H and O–H groups in total. The minimum absolute atomic E-state index is 0.0380. The highest BCUT2D eigenvalue weighted by Gasteiger charge is 2.33. The zero-order chi connectivity index (χ0) is 12.4. The highest BCUT2D eigenvalue weighted by atomic mass is 35.5. The Morgan fingerprint density at radius 3 is 2.71 bits per heavy atom. The van der Waals surface area contributed by atoms with E-state index in [0.717, 1.165) is 5.69 Å². The number of hydrogen-bond donors (Lipinski definition) is 2. The van der Waals surface area contributed by atoms with Crippen molar-refractivity contribution in [3.05, 3.63) is 29.3 Å². The third-order valence-electron chi connectivity index (χ3n) is 2.80. The van der Waals surface area contributed by atoms with Crippen LogP contribution < -0.4 is 10.6 Å². The topological polar surface area (TPSA) is 78.9 Å². The molecular weight excluding hydrogens is 242 g/mol. The number of halogens is 1. The molecule has 90 valence electrons. The molecule has 1 aliphatic heterocycles. The van der Waals surface area contributed by atoms with Gasteiger partial charge in [0, 0.05) is 29.6 Å². The lowest BCUT2D eigenvalue weighted by Gasteiger charge is -2.16. The van der Waals surface area contributed by atoms with Crippen molar-refractivity contribution in [3.63, 3.8) is 0 Å². The van der Waals surface area contributed by atoms with Crippen molar-refractivity contribution >= 4 is 29.0 Å². The van der Waals surface area contributed by atoms with Gasteiger partial charge in [0.2, 0.25) is 5.91 Å². The van der Waals surface area contributed by atoms with Crippen LogP contribution >= 0.6 is 11.6 Å². The van der Waals surface area contributed by atoms with Crippen LogP contribution in [-0.2, 0) is 4.79 Å². The summed E-state index contributed by atoms with van der Waals surface area (Å²) in [5.41, 5.74) is 6.28. The summed E-state index contributed by atoms with van der Waals surface area (Å²) >= 11 is 5.78. The molecular formula is C11H12ClN3O2. The number of rotatable bonds is 2. The molecule has 1 heterocycles. The lowest BCUT2D eigenvalue weighted by Crippen LogP contribution is -2.28. The maximum atomic E-state index is 11.8. The molecule has 2 rings (SSSR count). The number of carbonyl (C=O) groups is 1. The number of nitrogens with zero attached hydrogens (tertiary/aromatic N) is 2. The molecule has 1 aromatic carbocycles. The Morgan fingerprint density at radius 2 is 2.12 bits per heavy atom. The van der Waals surface area contributed by atoms with Crippen molar-refractivity contribution in [3.8, 4) is 0 Å². The first-order chi connectivity index (χ1) is 8.11. The van der Waals surface area contributed by atoms with Crippen LogP contribution in [0.15, 0.2) is 29.4 Å². The summed E-state index contributed by atoms with van der Waals surface area (Å²) in [5, 5.41) is 12.2. The lowest BCUT2D eigenvalue weighted by molar-refractivity contribution is -0.117. The molecule has 17 heavy (non-hydrogen) atoms. The first kappa shape index (κ1) is 11.7. The highest BCUT2D eigenvalue weighted by molar-refractivity contribution is 6.30. The quantitative estimate of drug-likeness (QED) is 0.362. The van der Waals surface area contributed by atoms with Crippen molar-refractivity contribution in [2.75, 3.05) is 11.4 Å². The molecule has 0 aromatic heterocycles. The predicted molar refractivity (Wildman–Crippen MR) is 65.3 cm³/mol. The number of amidine groups is 1. The van der Waals surface area contributed by atoms with Crippen molar-refractivity contribution in [1.82, 2.24) is 0 Å². The average Bonchev–Trinajstić information content (AvgIpc) is 2.71. The number of amides is 1. The van der Waals surface area contributed by atoms with Gasteiger partial charge in [-0.2, -0.15) is 0 Å². The molecule has 1 aliphatic rings. The Hall–Kier alpha value is -1.75. The molecule has 0 radical (unpaired) electrons. The van der Waals surface area contributed by atoms with E-state index in [1.807, 2.05) is 0 Å². The first-order valence-corrected chi connectivity index (χ1v) is 5.53. The van der Waals surface area contributed by atoms with Gasteiger partial charge in [-0.25, -0.2) is 0 Å². The van der Waals surface area contributed by atoms with Gasteiger partial charge in [0.15, 0.2) is 0 Å². The van der Waals surface area contributed by atoms with E-state index in [4.69, 9.17) is 22.5 Å². The zero-order valence-electron chi connectivity index (χ0n) is 9.01. The molecule has 1 saturated heterocycles. The maximum absolute atomic E-state index is 11.8. The van der Waals surface area contributed by atoms with Gasteiger partial charge in [-0.05, 0) is 24.3 Å². The van der Waals surface area contributed by atoms with Crippen molar-refractivity contribution in [1.29, 1.82) is 0 Å². The van der Waals surface area contributed by atoms with E-state index in [1.54, 1.807) is 29.2 Å². The van der Waals surface area contributed by atoms with Gasteiger partial charge in [0.1, 0.15) is 5.84 Å². The third kappa shape index (κ3) is 2.34. The van der Waals surface area contributed by atoms with Crippen LogP contribution in [0.1, 0.15) is 6.42 Å². The van der Waals surface area contributed by atoms with Gasteiger partial charge in [-0.3, -0.25) is 4.79 Å². The molecule has 6 heteroatoms. The summed E-state index contributed by atoms with van der Waals surface area (Å²) in [6.45, 7) is 0.427. The Labute approximate surface area is 103 Å². The van der Waals surface area contributed by atoms with Crippen LogP contribution in [-0.4, -0.2) is 23.5 Å². The Balaban J connectivity index is 2.18. The summed E-state index contributed by atoms with van der Waals surface area (Å²) in [4.78, 5) is 13.4. The molecule has 5 nitrogen and oxygen atoms in total. The summed E-state index contributed by atoms with van der Waals surface area (Å²) in [6, 6.07) is 6.99. The van der Waals surface area contributed by atoms with Gasteiger partial charge in [-0.15, -0.1) is 0 Å². The second-order valence-corrected chi connectivity index (χ2v) is 4.34. The van der Waals surface area contributed by atoms with Crippen LogP contribution in [0.5, 0.6) is 0 Å². The fourth-order valence-electron chi connectivity index (χ4n) is 1.86. The minimum atomic E-state index is -0.233. The Morgan fingerprint density at radius 1 is 1.47 bits per heavy atom. The summed E-state index contributed by atoms with van der Waals surface area (Å²) < 4.78 is 0. The largest absolute Gasteiger partial charge is 0.409 e. The lowest BCUT2D eigenvalue weighted by atomic mass is 10.1. The van der Waals surface area contributed by atoms with E-state index in [9.17, 15) is 4.79 Å². The average molecular weight is 254 g/mol. The fourth-order valence-corrected chi connectivity index (χ4v) is 1.98. The monoisotopic (exact) mass is 253 g/mol. The molecule has 1 fully saturated rings. The number of carbonyl (C=O) groups excluding carboxylic acids is 1. The third-order valence-corrected chi connectivity index (χ3v) is 3.05. The fraction of sp³-hybridized carbons (Fsp3) is 0.273. The summed E-state index contributed by atoms with van der Waals surface area (Å²) in [7, 11) is 0. The SMILES string of the molecule is N/C(=N/O)[C@H]1CC(=O)N(c2ccc(Cl)cc2)C1. The summed E-state index contributed by atoms with van der Waals surface area (Å²) in [5.74, 6) is -0.179. The van der Waals surface area contributed by atoms with Gasteiger partial charge in [0.25, 0.3) is 0 Å². The van der Waals surface area contributed by atoms with Crippen molar-refractivity contribution < 1.29 is 10.0 Å². The van der Waals surface area contributed by atoms with E-state index in [2.05, 4.69) is 5.16 Å². The second kappa shape index (κ2) is 4.63. The van der Waals surface area contributed by atoms with E-state index in [-0.39, 0.29) is 24.1 Å². The molecule has 0 spiro atoms. The van der Waals surface area contributed by atoms with Crippen LogP contribution in [0.25, 0.3) is 0 Å². The van der Waals surface area contributed by atoms with Crippen LogP contribution in [0.3, 0.4) is 0 Å². The van der Waals surface area contributed by atoms with Crippen LogP contribution in [0, 0.1) is 5.92 Å². The van der Waals surface area contributed by atoms with E-state index in [1.165, 1.54) is 0 Å². The molecule has 1 aromatic rings. The van der Waals surface area contributed by atoms with E-state index >= 15 is 0 Å². The normalized spacial score (nSPS) is 21.0. The van der Waals surface area contributed by atoms with Crippen molar-refractivity contribution in [2.45, 2.75) is 6.42 Å². The first-order valence-electron chi connectivity index (χ1n) is 5.15. The van der Waals surface area contributed by atoms with E-state index < -0.39 is 0 Å². The van der Waals surface area contributed by atoms with Crippen LogP contribution in [0.2, 0.25) is 5.02 Å². The van der Waals surface area contributed by atoms with Gasteiger partial charge < -0.3 is 15.8 Å². The minimum Gasteiger partial charge on any atom is -0.409 e. The van der Waals surface area contributed by atoms with Gasteiger partial charge in [0.05, 0.1) is 0 Å². The maximum Gasteiger partial charge on any atom is 0.227 e. The molecule has 1 atom stereocenters. The highest BCUT2D eigenvalue weighted by Crippen LogP contribution is 2.26. The molecule has 1 amide bonds. The molecule has 0 bridgehead atoms. The number of benzene rings is 1.